The molecule has 0 radical (unpaired) electrons. The van der Waals surface area contributed by atoms with Crippen LogP contribution in [0.15, 0.2) is 0 Å². The van der Waals surface area contributed by atoms with E-state index in [1.165, 1.54) is 0 Å². The summed E-state index contributed by atoms with van der Waals surface area (Å²) in [6.45, 7) is 5.70. The first-order valence-corrected chi connectivity index (χ1v) is 7.50. The fourth-order valence-electron chi connectivity index (χ4n) is 1.88. The first-order chi connectivity index (χ1) is 9.17. The zero-order valence-electron chi connectivity index (χ0n) is 11.4. The van der Waals surface area contributed by atoms with Crippen molar-refractivity contribution >= 4 is 23.6 Å². The highest BCUT2D eigenvalue weighted by molar-refractivity contribution is 7.71. The van der Waals surface area contributed by atoms with Crippen molar-refractivity contribution in [3.8, 4) is 10.7 Å². The Kier molecular flexibility index (Phi) is 4.84. The summed E-state index contributed by atoms with van der Waals surface area (Å²) in [7, 11) is 1.70. The molecular weight excluding hydrogens is 280 g/mol. The van der Waals surface area contributed by atoms with Gasteiger partial charge in [-0.2, -0.15) is 5.10 Å². The maximum absolute atomic E-state index is 5.27. The largest absolute Gasteiger partial charge is 0.384 e. The molecule has 104 valence electrons. The van der Waals surface area contributed by atoms with Gasteiger partial charge in [0.2, 0.25) is 0 Å². The van der Waals surface area contributed by atoms with Crippen LogP contribution in [0.4, 0.5) is 0 Å². The van der Waals surface area contributed by atoms with Crippen LogP contribution in [0.25, 0.3) is 10.7 Å². The highest BCUT2D eigenvalue weighted by atomic mass is 32.1. The van der Waals surface area contributed by atoms with Gasteiger partial charge < -0.3 is 4.74 Å². The van der Waals surface area contributed by atoms with Crippen molar-refractivity contribution in [2.75, 3.05) is 13.7 Å². The van der Waals surface area contributed by atoms with E-state index in [0.717, 1.165) is 40.8 Å². The Hall–Kier alpha value is -1.05. The predicted octanol–water partition coefficient (Wildman–Crippen LogP) is 2.97. The fraction of sp³-hybridized carbons (Fsp3) is 0.583. The molecule has 0 saturated carbocycles. The van der Waals surface area contributed by atoms with E-state index in [2.05, 4.69) is 22.1 Å². The van der Waals surface area contributed by atoms with Crippen LogP contribution in [0.3, 0.4) is 0 Å². The topological polar surface area (TPSA) is 55.7 Å². The predicted molar refractivity (Wildman–Crippen MR) is 79.1 cm³/mol. The van der Waals surface area contributed by atoms with Gasteiger partial charge in [0.1, 0.15) is 0 Å². The lowest BCUT2D eigenvalue weighted by Crippen LogP contribution is -1.99. The Labute approximate surface area is 121 Å². The molecule has 0 unspecified atom stereocenters. The Morgan fingerprint density at radius 2 is 2.26 bits per heavy atom. The van der Waals surface area contributed by atoms with Crippen molar-refractivity contribution in [3.63, 3.8) is 0 Å². The van der Waals surface area contributed by atoms with Crippen LogP contribution in [0.1, 0.15) is 24.0 Å². The van der Waals surface area contributed by atoms with E-state index in [0.29, 0.717) is 11.4 Å². The normalized spacial score (nSPS) is 11.1. The van der Waals surface area contributed by atoms with Crippen molar-refractivity contribution in [1.82, 2.24) is 19.7 Å². The number of methoxy groups -OCH3 is 1. The number of aromatic amines is 1. The monoisotopic (exact) mass is 298 g/mol. The minimum Gasteiger partial charge on any atom is -0.384 e. The molecular formula is C12H18N4OS2. The smallest absolute Gasteiger partial charge is 0.195 e. The SMILES string of the molecule is CCCn1c(-c2sc(CCOC)nc2C)n[nH]c1=S. The molecule has 2 aromatic heterocycles. The molecule has 0 atom stereocenters. The average molecular weight is 298 g/mol. The summed E-state index contributed by atoms with van der Waals surface area (Å²) in [5.74, 6) is 0.894. The Morgan fingerprint density at radius 1 is 1.47 bits per heavy atom. The number of hydrogen-bond acceptors (Lipinski definition) is 5. The molecule has 0 spiro atoms. The molecule has 1 N–H and O–H groups in total. The molecule has 0 fully saturated rings. The molecule has 2 aromatic rings. The number of aromatic nitrogens is 4. The maximum atomic E-state index is 5.27. The van der Waals surface area contributed by atoms with E-state index < -0.39 is 0 Å². The lowest BCUT2D eigenvalue weighted by Gasteiger charge is -2.02. The Balaban J connectivity index is 2.36. The third kappa shape index (κ3) is 3.10. The highest BCUT2D eigenvalue weighted by Crippen LogP contribution is 2.29. The molecule has 0 aromatic carbocycles. The molecule has 5 nitrogen and oxygen atoms in total. The van der Waals surface area contributed by atoms with Crippen molar-refractivity contribution in [3.05, 3.63) is 15.5 Å². The van der Waals surface area contributed by atoms with Crippen LogP contribution < -0.4 is 0 Å². The minimum atomic E-state index is 0.670. The quantitative estimate of drug-likeness (QED) is 0.833. The van der Waals surface area contributed by atoms with Gasteiger partial charge in [-0.05, 0) is 25.6 Å². The number of hydrogen-bond donors (Lipinski definition) is 1. The number of nitrogens with one attached hydrogen (secondary N) is 1. The van der Waals surface area contributed by atoms with Gasteiger partial charge in [-0.1, -0.05) is 6.92 Å². The van der Waals surface area contributed by atoms with Gasteiger partial charge in [-0.15, -0.1) is 11.3 Å². The van der Waals surface area contributed by atoms with Gasteiger partial charge in [-0.25, -0.2) is 4.98 Å². The first-order valence-electron chi connectivity index (χ1n) is 6.28. The van der Waals surface area contributed by atoms with Crippen LogP contribution in [-0.2, 0) is 17.7 Å². The van der Waals surface area contributed by atoms with E-state index in [-0.39, 0.29) is 0 Å². The summed E-state index contributed by atoms with van der Waals surface area (Å²) in [5, 5.41) is 8.29. The van der Waals surface area contributed by atoms with Crippen LogP contribution in [0.5, 0.6) is 0 Å². The van der Waals surface area contributed by atoms with E-state index in [4.69, 9.17) is 17.0 Å². The zero-order valence-corrected chi connectivity index (χ0v) is 13.0. The number of H-pyrrole nitrogens is 1. The maximum Gasteiger partial charge on any atom is 0.195 e. The van der Waals surface area contributed by atoms with Crippen molar-refractivity contribution in [2.24, 2.45) is 0 Å². The second-order valence-electron chi connectivity index (χ2n) is 4.27. The molecule has 0 saturated heterocycles. The van der Waals surface area contributed by atoms with E-state index >= 15 is 0 Å². The minimum absolute atomic E-state index is 0.670. The second-order valence-corrected chi connectivity index (χ2v) is 5.74. The number of nitrogens with zero attached hydrogens (tertiary/aromatic N) is 3. The van der Waals surface area contributed by atoms with Crippen molar-refractivity contribution in [2.45, 2.75) is 33.2 Å². The molecule has 2 heterocycles. The molecule has 0 bridgehead atoms. The third-order valence-electron chi connectivity index (χ3n) is 2.77. The molecule has 0 aliphatic rings. The van der Waals surface area contributed by atoms with Gasteiger partial charge in [0.25, 0.3) is 0 Å². The third-order valence-corrected chi connectivity index (χ3v) is 4.29. The van der Waals surface area contributed by atoms with E-state index in [1.54, 1.807) is 18.4 Å². The molecule has 0 amide bonds. The fourth-order valence-corrected chi connectivity index (χ4v) is 3.15. The Bertz CT molecular complexity index is 599. The summed E-state index contributed by atoms with van der Waals surface area (Å²) >= 11 is 6.93. The second kappa shape index (κ2) is 6.40. The number of aryl methyl sites for hydroxylation is 1. The number of ether oxygens (including phenoxy) is 1. The number of thiazole rings is 1. The van der Waals surface area contributed by atoms with E-state index in [9.17, 15) is 0 Å². The lowest BCUT2D eigenvalue weighted by atomic mass is 10.3. The summed E-state index contributed by atoms with van der Waals surface area (Å²) < 4.78 is 7.80. The number of rotatable bonds is 6. The lowest BCUT2D eigenvalue weighted by molar-refractivity contribution is 0.202. The summed E-state index contributed by atoms with van der Waals surface area (Å²) in [6, 6.07) is 0. The van der Waals surface area contributed by atoms with Gasteiger partial charge >= 0.3 is 0 Å². The van der Waals surface area contributed by atoms with Gasteiger partial charge in [0.05, 0.1) is 22.2 Å². The standard InChI is InChI=1S/C12H18N4OS2/c1-4-6-16-11(14-15-12(16)18)10-8(2)13-9(19-10)5-7-17-3/h4-7H2,1-3H3,(H,15,18). The molecule has 7 heteroatoms. The van der Waals surface area contributed by atoms with Gasteiger partial charge in [0.15, 0.2) is 10.6 Å². The van der Waals surface area contributed by atoms with Crippen LogP contribution >= 0.6 is 23.6 Å². The molecule has 0 aliphatic heterocycles. The molecule has 2 rings (SSSR count). The van der Waals surface area contributed by atoms with Crippen LogP contribution in [0.2, 0.25) is 0 Å². The van der Waals surface area contributed by atoms with Gasteiger partial charge in [-0.3, -0.25) is 9.67 Å². The highest BCUT2D eigenvalue weighted by Gasteiger charge is 2.15. The van der Waals surface area contributed by atoms with Crippen LogP contribution in [0, 0.1) is 11.7 Å². The first kappa shape index (κ1) is 14.4. The zero-order chi connectivity index (χ0) is 13.8. The summed E-state index contributed by atoms with van der Waals surface area (Å²) in [5.41, 5.74) is 1.00. The molecule has 0 aliphatic carbocycles. The Morgan fingerprint density at radius 3 is 2.95 bits per heavy atom. The van der Waals surface area contributed by atoms with Gasteiger partial charge in [0, 0.05) is 20.1 Å². The average Bonchev–Trinajstić information content (AvgIpc) is 2.92. The van der Waals surface area contributed by atoms with E-state index in [1.807, 2.05) is 11.5 Å². The summed E-state index contributed by atoms with van der Waals surface area (Å²) in [4.78, 5) is 5.66. The summed E-state index contributed by atoms with van der Waals surface area (Å²) in [6.07, 6.45) is 1.86. The van der Waals surface area contributed by atoms with Crippen LogP contribution in [-0.4, -0.2) is 33.5 Å². The van der Waals surface area contributed by atoms with Crippen molar-refractivity contribution in [1.29, 1.82) is 0 Å². The molecule has 19 heavy (non-hydrogen) atoms. The van der Waals surface area contributed by atoms with Crippen molar-refractivity contribution < 1.29 is 4.74 Å².